The van der Waals surface area contributed by atoms with Crippen molar-refractivity contribution in [1.82, 2.24) is 4.72 Å². The van der Waals surface area contributed by atoms with Crippen molar-refractivity contribution in [2.75, 3.05) is 6.54 Å². The molecule has 4 nitrogen and oxygen atoms in total. The van der Waals surface area contributed by atoms with Crippen LogP contribution in [0.5, 0.6) is 0 Å². The second-order valence-corrected chi connectivity index (χ2v) is 6.40. The molecule has 0 aliphatic rings. The molecule has 0 bridgehead atoms. The van der Waals surface area contributed by atoms with Gasteiger partial charge >= 0.3 is 0 Å². The van der Waals surface area contributed by atoms with E-state index in [1.54, 1.807) is 19.1 Å². The Balaban J connectivity index is 2.91. The average molecular weight is 270 g/mol. The number of sulfonamides is 1. The summed E-state index contributed by atoms with van der Waals surface area (Å²) in [6.45, 7) is 6.74. The van der Waals surface area contributed by atoms with Crippen molar-refractivity contribution in [3.8, 4) is 0 Å². The van der Waals surface area contributed by atoms with Crippen molar-refractivity contribution >= 4 is 10.0 Å². The van der Waals surface area contributed by atoms with Crippen molar-refractivity contribution in [3.05, 3.63) is 29.3 Å². The third kappa shape index (κ3) is 3.80. The molecule has 0 saturated heterocycles. The molecule has 1 rings (SSSR count). The minimum Gasteiger partial charge on any atom is -0.326 e. The summed E-state index contributed by atoms with van der Waals surface area (Å²) in [4.78, 5) is 0.336. The largest absolute Gasteiger partial charge is 0.326 e. The minimum absolute atomic E-state index is 0.336. The molecule has 1 atom stereocenters. The van der Waals surface area contributed by atoms with Gasteiger partial charge in [-0.3, -0.25) is 0 Å². The molecule has 0 radical (unpaired) electrons. The molecule has 102 valence electrons. The molecular formula is C13H22N2O2S. The van der Waals surface area contributed by atoms with Gasteiger partial charge in [-0.05, 0) is 30.0 Å². The van der Waals surface area contributed by atoms with Gasteiger partial charge < -0.3 is 5.73 Å². The molecular weight excluding hydrogens is 248 g/mol. The van der Waals surface area contributed by atoms with Crippen LogP contribution in [0.3, 0.4) is 0 Å². The second kappa shape index (κ2) is 6.31. The lowest BCUT2D eigenvalue weighted by atomic mass is 10.1. The summed E-state index contributed by atoms with van der Waals surface area (Å²) < 4.78 is 26.9. The number of aryl methyl sites for hydroxylation is 1. The van der Waals surface area contributed by atoms with Gasteiger partial charge in [-0.25, -0.2) is 13.1 Å². The van der Waals surface area contributed by atoms with E-state index >= 15 is 0 Å². The smallest absolute Gasteiger partial charge is 0.240 e. The monoisotopic (exact) mass is 270 g/mol. The van der Waals surface area contributed by atoms with Gasteiger partial charge in [-0.1, -0.05) is 32.4 Å². The first-order chi connectivity index (χ1) is 8.40. The maximum atomic E-state index is 12.1. The first-order valence-electron chi connectivity index (χ1n) is 6.20. The lowest BCUT2D eigenvalue weighted by molar-refractivity contribution is 0.528. The van der Waals surface area contributed by atoms with E-state index in [4.69, 9.17) is 5.73 Å². The second-order valence-electron chi connectivity index (χ2n) is 4.67. The molecule has 0 aromatic heterocycles. The zero-order valence-corrected chi connectivity index (χ0v) is 12.0. The van der Waals surface area contributed by atoms with Crippen molar-refractivity contribution in [2.45, 2.75) is 38.6 Å². The van der Waals surface area contributed by atoms with Crippen LogP contribution in [0.15, 0.2) is 23.1 Å². The fourth-order valence-corrected chi connectivity index (χ4v) is 3.00. The van der Waals surface area contributed by atoms with Gasteiger partial charge in [0.25, 0.3) is 0 Å². The van der Waals surface area contributed by atoms with Gasteiger partial charge in [-0.15, -0.1) is 0 Å². The fraction of sp³-hybridized carbons (Fsp3) is 0.538. The predicted octanol–water partition coefficient (Wildman–Crippen LogP) is 1.78. The predicted molar refractivity (Wildman–Crippen MR) is 73.7 cm³/mol. The quantitative estimate of drug-likeness (QED) is 0.827. The normalized spacial score (nSPS) is 13.6. The Morgan fingerprint density at radius 2 is 2.06 bits per heavy atom. The molecule has 3 N–H and O–H groups in total. The van der Waals surface area contributed by atoms with Crippen molar-refractivity contribution < 1.29 is 8.42 Å². The Kier molecular flexibility index (Phi) is 5.31. The highest BCUT2D eigenvalue weighted by atomic mass is 32.2. The molecule has 1 unspecified atom stereocenters. The van der Waals surface area contributed by atoms with Gasteiger partial charge in [-0.2, -0.15) is 0 Å². The summed E-state index contributed by atoms with van der Waals surface area (Å²) in [6, 6.07) is 5.19. The Morgan fingerprint density at radius 1 is 1.39 bits per heavy atom. The van der Waals surface area contributed by atoms with E-state index in [1.807, 2.05) is 19.9 Å². The molecule has 0 spiro atoms. The molecule has 5 heteroatoms. The Labute approximate surface area is 110 Å². The molecule has 0 aliphatic carbocycles. The summed E-state index contributed by atoms with van der Waals surface area (Å²) in [7, 11) is -3.41. The van der Waals surface area contributed by atoms with Crippen LogP contribution in [-0.4, -0.2) is 15.0 Å². The third-order valence-electron chi connectivity index (χ3n) is 3.08. The highest BCUT2D eigenvalue weighted by Crippen LogP contribution is 2.16. The maximum absolute atomic E-state index is 12.1. The lowest BCUT2D eigenvalue weighted by Gasteiger charge is -2.13. The van der Waals surface area contributed by atoms with E-state index < -0.39 is 10.0 Å². The number of nitrogens with one attached hydrogen (secondary N) is 1. The summed E-state index contributed by atoms with van der Waals surface area (Å²) in [5.41, 5.74) is 7.20. The Morgan fingerprint density at radius 3 is 2.56 bits per heavy atom. The van der Waals surface area contributed by atoms with Gasteiger partial charge in [0.15, 0.2) is 0 Å². The highest BCUT2D eigenvalue weighted by Gasteiger charge is 2.17. The van der Waals surface area contributed by atoms with Gasteiger partial charge in [0.05, 0.1) is 4.90 Å². The number of benzene rings is 1. The van der Waals surface area contributed by atoms with Gasteiger partial charge in [0.2, 0.25) is 10.0 Å². The zero-order valence-electron chi connectivity index (χ0n) is 11.2. The summed E-state index contributed by atoms with van der Waals surface area (Å²) in [5, 5.41) is 0. The van der Waals surface area contributed by atoms with Gasteiger partial charge in [0, 0.05) is 13.1 Å². The fourth-order valence-electron chi connectivity index (χ4n) is 1.61. The van der Waals surface area contributed by atoms with E-state index in [1.165, 1.54) is 0 Å². The SMILES string of the molecule is CCC(C)CNS(=O)(=O)c1ccc(CN)cc1C. The van der Waals surface area contributed by atoms with E-state index in [2.05, 4.69) is 4.72 Å². The first-order valence-corrected chi connectivity index (χ1v) is 7.68. The zero-order chi connectivity index (χ0) is 13.8. The molecule has 0 saturated carbocycles. The summed E-state index contributed by atoms with van der Waals surface area (Å²) in [5.74, 6) is 0.336. The molecule has 0 heterocycles. The van der Waals surface area contributed by atoms with Crippen molar-refractivity contribution in [1.29, 1.82) is 0 Å². The van der Waals surface area contributed by atoms with Crippen LogP contribution in [0.2, 0.25) is 0 Å². The van der Waals surface area contributed by atoms with Crippen LogP contribution in [0.1, 0.15) is 31.4 Å². The molecule has 0 amide bonds. The van der Waals surface area contributed by atoms with E-state index in [0.717, 1.165) is 17.5 Å². The van der Waals surface area contributed by atoms with Crippen LogP contribution < -0.4 is 10.5 Å². The third-order valence-corrected chi connectivity index (χ3v) is 4.67. The van der Waals surface area contributed by atoms with E-state index in [0.29, 0.717) is 23.9 Å². The van der Waals surface area contributed by atoms with Crippen LogP contribution in [0.25, 0.3) is 0 Å². The molecule has 1 aromatic rings. The topological polar surface area (TPSA) is 72.2 Å². The Hall–Kier alpha value is -0.910. The Bertz CT molecular complexity index is 498. The highest BCUT2D eigenvalue weighted by molar-refractivity contribution is 7.89. The standard InChI is InChI=1S/C13H22N2O2S/c1-4-10(2)9-15-18(16,17)13-6-5-12(8-14)7-11(13)3/h5-7,10,15H,4,8-9,14H2,1-3H3. The van der Waals surface area contributed by atoms with E-state index in [-0.39, 0.29) is 0 Å². The summed E-state index contributed by atoms with van der Waals surface area (Å²) >= 11 is 0. The van der Waals surface area contributed by atoms with Crippen LogP contribution in [0.4, 0.5) is 0 Å². The minimum atomic E-state index is -3.41. The number of hydrogen-bond donors (Lipinski definition) is 2. The number of nitrogens with two attached hydrogens (primary N) is 1. The molecule has 0 fully saturated rings. The number of hydrogen-bond acceptors (Lipinski definition) is 3. The molecule has 1 aromatic carbocycles. The van der Waals surface area contributed by atoms with Crippen LogP contribution in [-0.2, 0) is 16.6 Å². The average Bonchev–Trinajstić information content (AvgIpc) is 2.35. The first kappa shape index (κ1) is 15.1. The lowest BCUT2D eigenvalue weighted by Crippen LogP contribution is -2.28. The van der Waals surface area contributed by atoms with Crippen LogP contribution >= 0.6 is 0 Å². The number of rotatable bonds is 6. The van der Waals surface area contributed by atoms with Gasteiger partial charge in [0.1, 0.15) is 0 Å². The molecule has 0 aliphatic heterocycles. The van der Waals surface area contributed by atoms with Crippen LogP contribution in [0, 0.1) is 12.8 Å². The molecule has 18 heavy (non-hydrogen) atoms. The summed E-state index contributed by atoms with van der Waals surface area (Å²) in [6.07, 6.45) is 0.952. The van der Waals surface area contributed by atoms with Crippen molar-refractivity contribution in [3.63, 3.8) is 0 Å². The van der Waals surface area contributed by atoms with Crippen molar-refractivity contribution in [2.24, 2.45) is 11.7 Å². The van der Waals surface area contributed by atoms with E-state index in [9.17, 15) is 8.42 Å². The maximum Gasteiger partial charge on any atom is 0.240 e.